The van der Waals surface area contributed by atoms with Crippen LogP contribution in [0.2, 0.25) is 0 Å². The first-order valence-corrected chi connectivity index (χ1v) is 6.93. The molecule has 0 aliphatic heterocycles. The number of rotatable bonds is 6. The molecule has 0 unspecified atom stereocenters. The van der Waals surface area contributed by atoms with Crippen molar-refractivity contribution in [1.82, 2.24) is 5.32 Å². The fraction of sp³-hybridized carbons (Fsp3) is 0.571. The molecule has 0 spiro atoms. The SMILES string of the molecule is CC(C)COc1ccc(CNC(C)C)cc1Br. The smallest absolute Gasteiger partial charge is 0.133 e. The van der Waals surface area contributed by atoms with E-state index in [1.165, 1.54) is 5.56 Å². The highest BCUT2D eigenvalue weighted by atomic mass is 79.9. The van der Waals surface area contributed by atoms with Crippen molar-refractivity contribution in [2.45, 2.75) is 40.3 Å². The maximum atomic E-state index is 5.71. The van der Waals surface area contributed by atoms with Crippen LogP contribution < -0.4 is 10.1 Å². The number of hydrogen-bond donors (Lipinski definition) is 1. The van der Waals surface area contributed by atoms with Gasteiger partial charge in [0.25, 0.3) is 0 Å². The van der Waals surface area contributed by atoms with Crippen LogP contribution >= 0.6 is 15.9 Å². The van der Waals surface area contributed by atoms with Gasteiger partial charge in [-0.1, -0.05) is 33.8 Å². The third kappa shape index (κ3) is 5.55. The largest absolute Gasteiger partial charge is 0.492 e. The van der Waals surface area contributed by atoms with Gasteiger partial charge >= 0.3 is 0 Å². The standard InChI is InChI=1S/C14H22BrNO/c1-10(2)9-17-14-6-5-12(7-13(14)15)8-16-11(3)4/h5-7,10-11,16H,8-9H2,1-4H3. The van der Waals surface area contributed by atoms with E-state index in [-0.39, 0.29) is 0 Å². The summed E-state index contributed by atoms with van der Waals surface area (Å²) in [5.74, 6) is 1.47. The van der Waals surface area contributed by atoms with E-state index in [9.17, 15) is 0 Å². The lowest BCUT2D eigenvalue weighted by Crippen LogP contribution is -2.21. The van der Waals surface area contributed by atoms with Gasteiger partial charge in [-0.3, -0.25) is 0 Å². The van der Waals surface area contributed by atoms with Crippen molar-refractivity contribution in [2.24, 2.45) is 5.92 Å². The first-order chi connectivity index (χ1) is 7.99. The first kappa shape index (κ1) is 14.5. The van der Waals surface area contributed by atoms with E-state index >= 15 is 0 Å². The Balaban J connectivity index is 2.59. The molecule has 0 aromatic heterocycles. The molecule has 1 aromatic rings. The van der Waals surface area contributed by atoms with Gasteiger partial charge in [0.15, 0.2) is 0 Å². The van der Waals surface area contributed by atoms with Crippen LogP contribution in [0.15, 0.2) is 22.7 Å². The Morgan fingerprint density at radius 2 is 1.94 bits per heavy atom. The van der Waals surface area contributed by atoms with Gasteiger partial charge in [-0.2, -0.15) is 0 Å². The highest BCUT2D eigenvalue weighted by Gasteiger charge is 2.04. The summed E-state index contributed by atoms with van der Waals surface area (Å²) in [5, 5.41) is 3.40. The minimum atomic E-state index is 0.505. The molecule has 0 bridgehead atoms. The fourth-order valence-electron chi connectivity index (χ4n) is 1.35. The highest BCUT2D eigenvalue weighted by Crippen LogP contribution is 2.26. The number of benzene rings is 1. The van der Waals surface area contributed by atoms with Crippen molar-refractivity contribution in [3.8, 4) is 5.75 Å². The van der Waals surface area contributed by atoms with Crippen molar-refractivity contribution < 1.29 is 4.74 Å². The summed E-state index contributed by atoms with van der Waals surface area (Å²) in [6.45, 7) is 10.2. The molecule has 0 radical (unpaired) electrons. The lowest BCUT2D eigenvalue weighted by Gasteiger charge is -2.12. The normalized spacial score (nSPS) is 11.2. The topological polar surface area (TPSA) is 21.3 Å². The molecule has 0 aliphatic carbocycles. The van der Waals surface area contributed by atoms with E-state index in [0.29, 0.717) is 12.0 Å². The third-order valence-electron chi connectivity index (χ3n) is 2.28. The zero-order valence-corrected chi connectivity index (χ0v) is 12.7. The average Bonchev–Trinajstić information content (AvgIpc) is 2.24. The summed E-state index contributed by atoms with van der Waals surface area (Å²) in [6, 6.07) is 6.76. The van der Waals surface area contributed by atoms with Crippen molar-refractivity contribution in [2.75, 3.05) is 6.61 Å². The van der Waals surface area contributed by atoms with Crippen LogP contribution in [0.4, 0.5) is 0 Å². The number of halogens is 1. The summed E-state index contributed by atoms with van der Waals surface area (Å²) in [6.07, 6.45) is 0. The monoisotopic (exact) mass is 299 g/mol. The maximum Gasteiger partial charge on any atom is 0.133 e. The van der Waals surface area contributed by atoms with Crippen LogP contribution in [-0.4, -0.2) is 12.6 Å². The Hall–Kier alpha value is -0.540. The van der Waals surface area contributed by atoms with E-state index in [4.69, 9.17) is 4.74 Å². The van der Waals surface area contributed by atoms with E-state index in [0.717, 1.165) is 23.4 Å². The summed E-state index contributed by atoms with van der Waals surface area (Å²) in [4.78, 5) is 0. The molecule has 0 atom stereocenters. The Bertz CT molecular complexity index is 350. The van der Waals surface area contributed by atoms with Gasteiger partial charge < -0.3 is 10.1 Å². The third-order valence-corrected chi connectivity index (χ3v) is 2.90. The molecule has 17 heavy (non-hydrogen) atoms. The number of ether oxygens (including phenoxy) is 1. The maximum absolute atomic E-state index is 5.71. The molecule has 0 aliphatic rings. The molecule has 1 N–H and O–H groups in total. The molecule has 0 amide bonds. The van der Waals surface area contributed by atoms with Crippen molar-refractivity contribution in [3.05, 3.63) is 28.2 Å². The highest BCUT2D eigenvalue weighted by molar-refractivity contribution is 9.10. The minimum absolute atomic E-state index is 0.505. The Morgan fingerprint density at radius 3 is 2.47 bits per heavy atom. The van der Waals surface area contributed by atoms with E-state index < -0.39 is 0 Å². The molecule has 1 aromatic carbocycles. The van der Waals surface area contributed by atoms with Crippen LogP contribution in [0, 0.1) is 5.92 Å². The van der Waals surface area contributed by atoms with E-state index in [2.05, 4.69) is 61.1 Å². The first-order valence-electron chi connectivity index (χ1n) is 6.13. The summed E-state index contributed by atoms with van der Waals surface area (Å²) >= 11 is 3.55. The second kappa shape index (κ2) is 7.02. The minimum Gasteiger partial charge on any atom is -0.492 e. The molecule has 3 heteroatoms. The number of nitrogens with one attached hydrogen (secondary N) is 1. The van der Waals surface area contributed by atoms with E-state index in [1.807, 2.05) is 6.07 Å². The van der Waals surface area contributed by atoms with Gasteiger partial charge in [-0.25, -0.2) is 0 Å². The average molecular weight is 300 g/mol. The second-order valence-electron chi connectivity index (χ2n) is 5.01. The molecule has 2 nitrogen and oxygen atoms in total. The van der Waals surface area contributed by atoms with Gasteiger partial charge in [0, 0.05) is 12.6 Å². The second-order valence-corrected chi connectivity index (χ2v) is 5.86. The zero-order valence-electron chi connectivity index (χ0n) is 11.1. The number of hydrogen-bond acceptors (Lipinski definition) is 2. The van der Waals surface area contributed by atoms with Crippen LogP contribution in [0.1, 0.15) is 33.3 Å². The molecule has 0 fully saturated rings. The molecular formula is C14H22BrNO. The van der Waals surface area contributed by atoms with E-state index in [1.54, 1.807) is 0 Å². The molecule has 0 saturated heterocycles. The summed E-state index contributed by atoms with van der Waals surface area (Å²) in [5.41, 5.74) is 1.27. The molecular weight excluding hydrogens is 278 g/mol. The zero-order chi connectivity index (χ0) is 12.8. The van der Waals surface area contributed by atoms with Gasteiger partial charge in [0.2, 0.25) is 0 Å². The van der Waals surface area contributed by atoms with Gasteiger partial charge in [-0.15, -0.1) is 0 Å². The van der Waals surface area contributed by atoms with Crippen LogP contribution in [0.5, 0.6) is 5.75 Å². The molecule has 0 heterocycles. The summed E-state index contributed by atoms with van der Waals surface area (Å²) in [7, 11) is 0. The van der Waals surface area contributed by atoms with Gasteiger partial charge in [0.05, 0.1) is 11.1 Å². The Kier molecular flexibility index (Phi) is 6.00. The molecule has 96 valence electrons. The predicted octanol–water partition coefficient (Wildman–Crippen LogP) is 3.98. The lowest BCUT2D eigenvalue weighted by molar-refractivity contribution is 0.269. The van der Waals surface area contributed by atoms with Crippen LogP contribution in [0.25, 0.3) is 0 Å². The van der Waals surface area contributed by atoms with Crippen molar-refractivity contribution in [1.29, 1.82) is 0 Å². The van der Waals surface area contributed by atoms with Crippen LogP contribution in [-0.2, 0) is 6.54 Å². The Labute approximate surface area is 113 Å². The van der Waals surface area contributed by atoms with Crippen LogP contribution in [0.3, 0.4) is 0 Å². The quantitative estimate of drug-likeness (QED) is 0.858. The molecule has 0 saturated carbocycles. The lowest BCUT2D eigenvalue weighted by atomic mass is 10.2. The predicted molar refractivity (Wildman–Crippen MR) is 76.5 cm³/mol. The van der Waals surface area contributed by atoms with Gasteiger partial charge in [-0.05, 0) is 39.5 Å². The Morgan fingerprint density at radius 1 is 1.24 bits per heavy atom. The van der Waals surface area contributed by atoms with Crippen molar-refractivity contribution in [3.63, 3.8) is 0 Å². The molecule has 1 rings (SSSR count). The van der Waals surface area contributed by atoms with Gasteiger partial charge in [0.1, 0.15) is 5.75 Å². The summed E-state index contributed by atoms with van der Waals surface area (Å²) < 4.78 is 6.74. The fourth-order valence-corrected chi connectivity index (χ4v) is 1.89. The van der Waals surface area contributed by atoms with Crippen molar-refractivity contribution >= 4 is 15.9 Å².